The van der Waals surface area contributed by atoms with Crippen molar-refractivity contribution in [3.05, 3.63) is 70.2 Å². The molecule has 1 saturated heterocycles. The summed E-state index contributed by atoms with van der Waals surface area (Å²) < 4.78 is 0. The van der Waals surface area contributed by atoms with Crippen molar-refractivity contribution in [2.75, 3.05) is 13.1 Å². The van der Waals surface area contributed by atoms with Gasteiger partial charge in [0, 0.05) is 19.6 Å². The van der Waals surface area contributed by atoms with Gasteiger partial charge in [-0.1, -0.05) is 54.9 Å². The van der Waals surface area contributed by atoms with Crippen LogP contribution in [0.25, 0.3) is 0 Å². The van der Waals surface area contributed by atoms with E-state index in [1.54, 1.807) is 29.2 Å². The average Bonchev–Trinajstić information content (AvgIpc) is 2.72. The molecule has 1 aliphatic heterocycles. The van der Waals surface area contributed by atoms with Crippen LogP contribution in [0.4, 0.5) is 0 Å². The van der Waals surface area contributed by atoms with E-state index in [1.165, 1.54) is 5.56 Å². The van der Waals surface area contributed by atoms with Crippen molar-refractivity contribution in [3.8, 4) is 0 Å². The molecule has 1 unspecified atom stereocenters. The Morgan fingerprint density at radius 2 is 1.81 bits per heavy atom. The molecule has 0 radical (unpaired) electrons. The fourth-order valence-electron chi connectivity index (χ4n) is 3.41. The molecule has 0 saturated carbocycles. The Hall–Kier alpha value is -2.33. The van der Waals surface area contributed by atoms with Crippen LogP contribution in [0.5, 0.6) is 0 Å². The van der Waals surface area contributed by atoms with E-state index in [4.69, 9.17) is 11.6 Å². The van der Waals surface area contributed by atoms with Gasteiger partial charge in [-0.15, -0.1) is 0 Å². The van der Waals surface area contributed by atoms with Gasteiger partial charge in [0.2, 0.25) is 5.91 Å². The number of piperidine rings is 1. The second-order valence-electron chi connectivity index (χ2n) is 6.96. The highest BCUT2D eigenvalue weighted by Crippen LogP contribution is 2.22. The largest absolute Gasteiger partial charge is 0.352 e. The Morgan fingerprint density at radius 3 is 2.52 bits per heavy atom. The van der Waals surface area contributed by atoms with E-state index in [1.807, 2.05) is 12.1 Å². The van der Waals surface area contributed by atoms with Crippen molar-refractivity contribution >= 4 is 23.4 Å². The summed E-state index contributed by atoms with van der Waals surface area (Å²) in [5.74, 6) is -0.278. The third kappa shape index (κ3) is 4.89. The van der Waals surface area contributed by atoms with E-state index in [-0.39, 0.29) is 17.7 Å². The van der Waals surface area contributed by atoms with Crippen LogP contribution in [0.1, 0.15) is 41.3 Å². The van der Waals surface area contributed by atoms with Gasteiger partial charge >= 0.3 is 0 Å². The van der Waals surface area contributed by atoms with E-state index in [0.717, 1.165) is 24.8 Å². The molecular formula is C22H25ClN2O2. The van der Waals surface area contributed by atoms with Crippen molar-refractivity contribution in [1.82, 2.24) is 10.2 Å². The number of nitrogens with one attached hydrogen (secondary N) is 1. The van der Waals surface area contributed by atoms with Crippen molar-refractivity contribution in [2.24, 2.45) is 5.92 Å². The molecule has 0 aromatic heterocycles. The predicted octanol–water partition coefficient (Wildman–Crippen LogP) is 4.07. The van der Waals surface area contributed by atoms with E-state index in [2.05, 4.69) is 24.4 Å². The van der Waals surface area contributed by atoms with Gasteiger partial charge in [-0.2, -0.15) is 0 Å². The molecule has 2 aromatic rings. The summed E-state index contributed by atoms with van der Waals surface area (Å²) in [6.45, 7) is 3.73. The number of hydrogen-bond acceptors (Lipinski definition) is 2. The highest BCUT2D eigenvalue weighted by atomic mass is 35.5. The number of aryl methyl sites for hydroxylation is 1. The molecule has 0 bridgehead atoms. The zero-order valence-electron chi connectivity index (χ0n) is 15.6. The topological polar surface area (TPSA) is 49.4 Å². The van der Waals surface area contributed by atoms with Crippen molar-refractivity contribution in [2.45, 2.75) is 32.7 Å². The van der Waals surface area contributed by atoms with Gasteiger partial charge in [0.15, 0.2) is 0 Å². The molecule has 27 heavy (non-hydrogen) atoms. The van der Waals surface area contributed by atoms with Gasteiger partial charge < -0.3 is 10.2 Å². The molecule has 1 fully saturated rings. The van der Waals surface area contributed by atoms with Gasteiger partial charge in [-0.05, 0) is 42.5 Å². The molecule has 5 heteroatoms. The number of halogens is 1. The summed E-state index contributed by atoms with van der Waals surface area (Å²) in [5.41, 5.74) is 2.86. The Kier molecular flexibility index (Phi) is 6.51. The van der Waals surface area contributed by atoms with Crippen molar-refractivity contribution in [3.63, 3.8) is 0 Å². The van der Waals surface area contributed by atoms with E-state index >= 15 is 0 Å². The fraction of sp³-hybridized carbons (Fsp3) is 0.364. The first-order valence-electron chi connectivity index (χ1n) is 9.47. The second-order valence-corrected chi connectivity index (χ2v) is 7.37. The Labute approximate surface area is 165 Å². The summed E-state index contributed by atoms with van der Waals surface area (Å²) in [7, 11) is 0. The molecular weight excluding hydrogens is 360 g/mol. The zero-order chi connectivity index (χ0) is 19.2. The second kappa shape index (κ2) is 9.05. The lowest BCUT2D eigenvalue weighted by Gasteiger charge is -2.32. The number of amides is 2. The average molecular weight is 385 g/mol. The van der Waals surface area contributed by atoms with E-state index in [0.29, 0.717) is 30.2 Å². The first-order chi connectivity index (χ1) is 13.1. The van der Waals surface area contributed by atoms with Crippen LogP contribution in [0.15, 0.2) is 48.5 Å². The zero-order valence-corrected chi connectivity index (χ0v) is 16.3. The summed E-state index contributed by atoms with van der Waals surface area (Å²) in [6, 6.07) is 15.3. The molecule has 2 amide bonds. The number of benzene rings is 2. The summed E-state index contributed by atoms with van der Waals surface area (Å²) >= 11 is 6.15. The van der Waals surface area contributed by atoms with Crippen LogP contribution in [0, 0.1) is 5.92 Å². The maximum Gasteiger partial charge on any atom is 0.255 e. The molecule has 0 aliphatic carbocycles. The number of carbonyl (C=O) groups is 2. The minimum absolute atomic E-state index is 0.00577. The monoisotopic (exact) mass is 384 g/mol. The normalized spacial score (nSPS) is 16.8. The molecule has 1 heterocycles. The minimum Gasteiger partial charge on any atom is -0.352 e. The molecule has 4 nitrogen and oxygen atoms in total. The smallest absolute Gasteiger partial charge is 0.255 e. The van der Waals surface area contributed by atoms with E-state index in [9.17, 15) is 9.59 Å². The lowest BCUT2D eigenvalue weighted by molar-refractivity contribution is -0.126. The number of rotatable bonds is 5. The predicted molar refractivity (Wildman–Crippen MR) is 108 cm³/mol. The van der Waals surface area contributed by atoms with Gasteiger partial charge in [0.1, 0.15) is 0 Å². The van der Waals surface area contributed by atoms with Crippen LogP contribution in [-0.2, 0) is 17.8 Å². The van der Waals surface area contributed by atoms with Crippen molar-refractivity contribution in [1.29, 1.82) is 0 Å². The van der Waals surface area contributed by atoms with Gasteiger partial charge in [-0.3, -0.25) is 9.59 Å². The molecule has 142 valence electrons. The standard InChI is InChI=1S/C22H25ClN2O2/c1-2-16-9-11-17(12-10-16)14-24-21(26)18-6-5-13-25(15-18)22(27)19-7-3-4-8-20(19)23/h3-4,7-12,18H,2,5-6,13-15H2,1H3,(H,24,26). The van der Waals surface area contributed by atoms with E-state index < -0.39 is 0 Å². The van der Waals surface area contributed by atoms with Crippen LogP contribution in [0.3, 0.4) is 0 Å². The summed E-state index contributed by atoms with van der Waals surface area (Å²) in [6.07, 6.45) is 2.62. The van der Waals surface area contributed by atoms with Gasteiger partial charge in [0.25, 0.3) is 5.91 Å². The third-order valence-electron chi connectivity index (χ3n) is 5.08. The highest BCUT2D eigenvalue weighted by molar-refractivity contribution is 6.33. The van der Waals surface area contributed by atoms with Crippen LogP contribution in [0.2, 0.25) is 5.02 Å². The Morgan fingerprint density at radius 1 is 1.11 bits per heavy atom. The molecule has 2 aromatic carbocycles. The molecule has 3 rings (SSSR count). The number of nitrogens with zero attached hydrogens (tertiary/aromatic N) is 1. The SMILES string of the molecule is CCc1ccc(CNC(=O)C2CCCN(C(=O)c3ccccc3Cl)C2)cc1. The van der Waals surface area contributed by atoms with Crippen molar-refractivity contribution < 1.29 is 9.59 Å². The molecule has 1 atom stereocenters. The molecule has 1 N–H and O–H groups in total. The quantitative estimate of drug-likeness (QED) is 0.844. The number of hydrogen-bond donors (Lipinski definition) is 1. The Bertz CT molecular complexity index is 804. The first-order valence-corrected chi connectivity index (χ1v) is 9.85. The molecule has 0 spiro atoms. The van der Waals surface area contributed by atoms with Crippen LogP contribution < -0.4 is 5.32 Å². The number of likely N-dealkylation sites (tertiary alicyclic amines) is 1. The maximum atomic E-state index is 12.7. The lowest BCUT2D eigenvalue weighted by Crippen LogP contribution is -2.45. The first kappa shape index (κ1) is 19.4. The third-order valence-corrected chi connectivity index (χ3v) is 5.41. The Balaban J connectivity index is 1.57. The number of carbonyl (C=O) groups excluding carboxylic acids is 2. The maximum absolute atomic E-state index is 12.7. The summed E-state index contributed by atoms with van der Waals surface area (Å²) in [4.78, 5) is 27.1. The molecule has 1 aliphatic rings. The van der Waals surface area contributed by atoms with Gasteiger partial charge in [0.05, 0.1) is 16.5 Å². The minimum atomic E-state index is -0.180. The summed E-state index contributed by atoms with van der Waals surface area (Å²) in [5, 5.41) is 3.46. The van der Waals surface area contributed by atoms with Crippen LogP contribution in [-0.4, -0.2) is 29.8 Å². The van der Waals surface area contributed by atoms with Crippen LogP contribution >= 0.6 is 11.6 Å². The lowest BCUT2D eigenvalue weighted by atomic mass is 9.96. The van der Waals surface area contributed by atoms with Gasteiger partial charge in [-0.25, -0.2) is 0 Å². The highest BCUT2D eigenvalue weighted by Gasteiger charge is 2.29. The fourth-order valence-corrected chi connectivity index (χ4v) is 3.62.